The van der Waals surface area contributed by atoms with Crippen LogP contribution in [0.5, 0.6) is 0 Å². The SMILES string of the molecule is CCCCCCCCC(CCCCCCCC)C(=O)OCCCCCCOCN1CCc2c(sc(CC(=O)CCCCCOC(=O)C(CCCCCCCC)CCCCCCCC)c2C(=O)NCCN(C)C)C1.[HH]. The number of thiophene rings is 1. The number of amides is 1. The van der Waals surface area contributed by atoms with Crippen molar-refractivity contribution in [3.05, 3.63) is 20.9 Å². The number of ether oxygens (including phenoxy) is 3. The Bertz CT molecular complexity index is 1510. The van der Waals surface area contributed by atoms with E-state index in [1.54, 1.807) is 11.3 Å². The highest BCUT2D eigenvalue weighted by Gasteiger charge is 2.29. The number of likely N-dealkylation sites (N-methyl/N-ethyl adjacent to an activating group) is 1. The lowest BCUT2D eigenvalue weighted by molar-refractivity contribution is -0.150. The quantitative estimate of drug-likeness (QED) is 0.0503. The fourth-order valence-electron chi connectivity index (χ4n) is 10.2. The maximum Gasteiger partial charge on any atom is 0.308 e. The number of rotatable bonds is 51. The smallest absolute Gasteiger partial charge is 0.308 e. The molecule has 1 aliphatic rings. The molecule has 0 fully saturated rings. The number of hydrogen-bond donors (Lipinski definition) is 1. The van der Waals surface area contributed by atoms with Crippen molar-refractivity contribution in [2.75, 3.05) is 60.3 Å². The Morgan fingerprint density at radius 1 is 0.575 bits per heavy atom. The first-order valence-electron chi connectivity index (χ1n) is 30.9. The summed E-state index contributed by atoms with van der Waals surface area (Å²) in [4.78, 5) is 59.9. The molecule has 1 N–H and O–H groups in total. The van der Waals surface area contributed by atoms with Crippen LogP contribution >= 0.6 is 11.3 Å². The van der Waals surface area contributed by atoms with Crippen LogP contribution in [0, 0.1) is 11.8 Å². The maximum atomic E-state index is 13.7. The number of unbranched alkanes of at least 4 members (excludes halogenated alkanes) is 25. The predicted octanol–water partition coefficient (Wildman–Crippen LogP) is 16.2. The van der Waals surface area contributed by atoms with Crippen molar-refractivity contribution in [2.24, 2.45) is 11.8 Å². The van der Waals surface area contributed by atoms with Crippen molar-refractivity contribution >= 4 is 35.0 Å². The lowest BCUT2D eigenvalue weighted by Gasteiger charge is -2.27. The van der Waals surface area contributed by atoms with E-state index in [0.29, 0.717) is 51.6 Å². The van der Waals surface area contributed by atoms with Gasteiger partial charge in [0, 0.05) is 56.8 Å². The molecule has 0 aromatic carbocycles. The maximum absolute atomic E-state index is 13.7. The fraction of sp³-hybridized carbons (Fsp3) is 0.871. The van der Waals surface area contributed by atoms with E-state index < -0.39 is 0 Å². The minimum Gasteiger partial charge on any atom is -0.465 e. The summed E-state index contributed by atoms with van der Waals surface area (Å²) in [7, 11) is 4.00. The van der Waals surface area contributed by atoms with Gasteiger partial charge in [-0.3, -0.25) is 24.1 Å². The molecule has 10 nitrogen and oxygen atoms in total. The first-order valence-corrected chi connectivity index (χ1v) is 31.7. The Morgan fingerprint density at radius 2 is 1.00 bits per heavy atom. The highest BCUT2D eigenvalue weighted by Crippen LogP contribution is 2.34. The number of nitrogens with zero attached hydrogens (tertiary/aromatic N) is 2. The molecule has 2 rings (SSSR count). The fourth-order valence-corrected chi connectivity index (χ4v) is 11.7. The molecule has 0 radical (unpaired) electrons. The number of nitrogens with one attached hydrogen (secondary N) is 1. The third-order valence-corrected chi connectivity index (χ3v) is 16.2. The van der Waals surface area contributed by atoms with Crippen molar-refractivity contribution in [3.8, 4) is 0 Å². The molecule has 1 aromatic heterocycles. The predicted molar refractivity (Wildman–Crippen MR) is 309 cm³/mol. The Labute approximate surface area is 454 Å². The molecule has 1 aromatic rings. The zero-order chi connectivity index (χ0) is 53.0. The van der Waals surface area contributed by atoms with Crippen LogP contribution in [0.1, 0.15) is 286 Å². The zero-order valence-electron chi connectivity index (χ0n) is 48.3. The molecule has 0 aliphatic carbocycles. The van der Waals surface area contributed by atoms with Crippen LogP contribution in [-0.2, 0) is 48.0 Å². The number of carbonyl (C=O) groups is 4. The van der Waals surface area contributed by atoms with Gasteiger partial charge in [-0.05, 0) is 90.3 Å². The average Bonchev–Trinajstić information content (AvgIpc) is 3.73. The lowest BCUT2D eigenvalue weighted by atomic mass is 9.94. The molecule has 0 atom stereocenters. The van der Waals surface area contributed by atoms with Gasteiger partial charge in [0.15, 0.2) is 0 Å². The number of fused-ring (bicyclic) bond motifs is 1. The van der Waals surface area contributed by atoms with E-state index in [1.807, 2.05) is 14.1 Å². The van der Waals surface area contributed by atoms with E-state index in [-0.39, 0.29) is 43.3 Å². The van der Waals surface area contributed by atoms with E-state index >= 15 is 0 Å². The van der Waals surface area contributed by atoms with Crippen LogP contribution in [0.15, 0.2) is 0 Å². The highest BCUT2D eigenvalue weighted by atomic mass is 32.1. The largest absolute Gasteiger partial charge is 0.465 e. The molecule has 0 saturated heterocycles. The Hall–Kier alpha value is -2.34. The molecule has 0 bridgehead atoms. The van der Waals surface area contributed by atoms with Crippen LogP contribution in [-0.4, -0.2) is 93.7 Å². The second-order valence-corrected chi connectivity index (χ2v) is 23.3. The highest BCUT2D eigenvalue weighted by molar-refractivity contribution is 7.12. The minimum atomic E-state index is -0.0733. The van der Waals surface area contributed by atoms with Crippen molar-refractivity contribution in [3.63, 3.8) is 0 Å². The van der Waals surface area contributed by atoms with Gasteiger partial charge in [0.2, 0.25) is 0 Å². The number of hydrogen-bond acceptors (Lipinski definition) is 10. The van der Waals surface area contributed by atoms with E-state index in [9.17, 15) is 19.2 Å². The third kappa shape index (κ3) is 33.4. The van der Waals surface area contributed by atoms with Crippen molar-refractivity contribution in [1.82, 2.24) is 15.1 Å². The van der Waals surface area contributed by atoms with Gasteiger partial charge in [-0.2, -0.15) is 0 Å². The molecular formula is C62H115N3O7S. The second-order valence-electron chi connectivity index (χ2n) is 22.1. The third-order valence-electron chi connectivity index (χ3n) is 15.0. The second kappa shape index (κ2) is 45.8. The van der Waals surface area contributed by atoms with Crippen molar-refractivity contribution < 1.29 is 34.8 Å². The number of ketones is 1. The summed E-state index contributed by atoms with van der Waals surface area (Å²) in [5.41, 5.74) is 1.81. The average molecular weight is 1050 g/mol. The summed E-state index contributed by atoms with van der Waals surface area (Å²) in [6.07, 6.45) is 41.3. The van der Waals surface area contributed by atoms with Gasteiger partial charge in [0.25, 0.3) is 5.91 Å². The summed E-state index contributed by atoms with van der Waals surface area (Å²) in [6.45, 7) is 14.0. The van der Waals surface area contributed by atoms with Gasteiger partial charge in [-0.1, -0.05) is 188 Å². The van der Waals surface area contributed by atoms with Crippen molar-refractivity contribution in [2.45, 2.75) is 278 Å². The molecule has 426 valence electrons. The van der Waals surface area contributed by atoms with Crippen LogP contribution in [0.4, 0.5) is 0 Å². The first kappa shape index (κ1) is 66.8. The normalized spacial score (nSPS) is 12.8. The van der Waals surface area contributed by atoms with Gasteiger partial charge < -0.3 is 24.4 Å². The van der Waals surface area contributed by atoms with E-state index in [2.05, 4.69) is 42.8 Å². The topological polar surface area (TPSA) is 114 Å². The molecule has 73 heavy (non-hydrogen) atoms. The molecular weight excluding hydrogens is 931 g/mol. The summed E-state index contributed by atoms with van der Waals surface area (Å²) in [5.74, 6) is 0.152. The summed E-state index contributed by atoms with van der Waals surface area (Å²) >= 11 is 1.63. The van der Waals surface area contributed by atoms with Gasteiger partial charge in [-0.15, -0.1) is 11.3 Å². The molecule has 1 aliphatic heterocycles. The van der Waals surface area contributed by atoms with Gasteiger partial charge in [0.05, 0.1) is 37.3 Å². The van der Waals surface area contributed by atoms with Crippen molar-refractivity contribution in [1.29, 1.82) is 0 Å². The lowest BCUT2D eigenvalue weighted by Crippen LogP contribution is -2.34. The molecule has 0 spiro atoms. The molecule has 11 heteroatoms. The Morgan fingerprint density at radius 3 is 1.47 bits per heavy atom. The molecule has 2 heterocycles. The van der Waals surface area contributed by atoms with Gasteiger partial charge >= 0.3 is 11.9 Å². The summed E-state index contributed by atoms with van der Waals surface area (Å²) < 4.78 is 17.9. The van der Waals surface area contributed by atoms with Crippen LogP contribution in [0.2, 0.25) is 0 Å². The van der Waals surface area contributed by atoms with Gasteiger partial charge in [0.1, 0.15) is 5.78 Å². The van der Waals surface area contributed by atoms with Crippen LogP contribution < -0.4 is 5.32 Å². The number of esters is 2. The van der Waals surface area contributed by atoms with Gasteiger partial charge in [-0.25, -0.2) is 0 Å². The van der Waals surface area contributed by atoms with E-state index in [0.717, 1.165) is 126 Å². The van der Waals surface area contributed by atoms with Crippen LogP contribution in [0.25, 0.3) is 0 Å². The summed E-state index contributed by atoms with van der Waals surface area (Å²) in [6, 6.07) is 0. The molecule has 0 saturated carbocycles. The Balaban J connectivity index is 0.0000274. The van der Waals surface area contributed by atoms with E-state index in [4.69, 9.17) is 14.2 Å². The molecule has 0 unspecified atom stereocenters. The number of Topliss-reactive ketones (excluding diaryl/α,β-unsaturated/α-hetero) is 1. The summed E-state index contributed by atoms with van der Waals surface area (Å²) in [5, 5.41) is 3.13. The van der Waals surface area contributed by atoms with Crippen LogP contribution in [0.3, 0.4) is 0 Å². The Kier molecular flexibility index (Phi) is 41.9. The first-order chi connectivity index (χ1) is 35.6. The minimum absolute atomic E-state index is 0. The zero-order valence-corrected chi connectivity index (χ0v) is 49.2. The number of carbonyl (C=O) groups excluding carboxylic acids is 4. The monoisotopic (exact) mass is 1050 g/mol. The molecule has 1 amide bonds. The van der Waals surface area contributed by atoms with E-state index in [1.165, 1.54) is 133 Å². The standard InChI is InChI=1S/C62H113N3O7S.H2/c1-7-11-15-19-23-30-38-53(39-31-24-20-16-12-8-2)61(68)71-48-36-28-27-35-47-70-52-65-45-43-56-58(51-65)73-57(59(56)60(67)63-44-46-64(5)6)50-55(66)42-34-29-37-49-72-62(69)54(40-32-25-21-17-13-9-3)41-33-26-22-18-14-10-4;/h53-54H,7-52H2,1-6H3,(H,63,67);1H.